The second kappa shape index (κ2) is 5.17. The zero-order chi connectivity index (χ0) is 13.1. The quantitative estimate of drug-likeness (QED) is 0.814. The molecule has 0 atom stereocenters. The Morgan fingerprint density at radius 2 is 2.28 bits per heavy atom. The number of nitrogens with zero attached hydrogens (tertiary/aromatic N) is 1. The molecular weight excluding hydrogens is 224 g/mol. The average Bonchev–Trinajstić information content (AvgIpc) is 2.73. The lowest BCUT2D eigenvalue weighted by atomic mass is 9.95. The highest BCUT2D eigenvalue weighted by Gasteiger charge is 2.20. The summed E-state index contributed by atoms with van der Waals surface area (Å²) in [5.41, 5.74) is 5.57. The van der Waals surface area contributed by atoms with Gasteiger partial charge in [0, 0.05) is 18.9 Å². The predicted molar refractivity (Wildman–Crippen MR) is 76.2 cm³/mol. The molecule has 1 heterocycles. The summed E-state index contributed by atoms with van der Waals surface area (Å²) >= 11 is 0. The minimum absolute atomic E-state index is 0.0791. The van der Waals surface area contributed by atoms with E-state index in [9.17, 15) is 4.79 Å². The van der Waals surface area contributed by atoms with Crippen molar-refractivity contribution in [1.82, 2.24) is 0 Å². The molecule has 1 aliphatic heterocycles. The number of allylic oxidation sites excluding steroid dienone is 2. The first-order chi connectivity index (χ1) is 8.69. The van der Waals surface area contributed by atoms with Gasteiger partial charge in [0.2, 0.25) is 5.91 Å². The molecule has 0 unspecified atom stereocenters. The fraction of sp³-hybridized carbons (Fsp3) is 0.333. The number of aliphatic imine (C=N–C) groups is 1. The Balaban J connectivity index is 2.54. The Hall–Kier alpha value is -1.90. The summed E-state index contributed by atoms with van der Waals surface area (Å²) in [6.07, 6.45) is 5.34. The van der Waals surface area contributed by atoms with Crippen LogP contribution in [-0.4, -0.2) is 19.2 Å². The number of hydrogen-bond acceptors (Lipinski definition) is 2. The summed E-state index contributed by atoms with van der Waals surface area (Å²) in [5.74, 6) is 0.0791. The van der Waals surface area contributed by atoms with Crippen molar-refractivity contribution in [3.63, 3.8) is 0 Å². The van der Waals surface area contributed by atoms with Crippen molar-refractivity contribution in [2.24, 2.45) is 4.99 Å². The number of rotatable bonds is 3. The van der Waals surface area contributed by atoms with Gasteiger partial charge in [-0.15, -0.1) is 0 Å². The molecule has 1 amide bonds. The Labute approximate surface area is 108 Å². The van der Waals surface area contributed by atoms with E-state index in [-0.39, 0.29) is 5.91 Å². The van der Waals surface area contributed by atoms with Crippen LogP contribution in [0.15, 0.2) is 23.2 Å². The summed E-state index contributed by atoms with van der Waals surface area (Å²) in [7, 11) is 1.77. The molecule has 0 saturated carbocycles. The van der Waals surface area contributed by atoms with Gasteiger partial charge in [0.15, 0.2) is 0 Å². The van der Waals surface area contributed by atoms with Crippen LogP contribution >= 0.6 is 0 Å². The van der Waals surface area contributed by atoms with Crippen molar-refractivity contribution < 1.29 is 4.79 Å². The van der Waals surface area contributed by atoms with Crippen LogP contribution in [0.5, 0.6) is 0 Å². The highest BCUT2D eigenvalue weighted by molar-refractivity contribution is 6.11. The van der Waals surface area contributed by atoms with E-state index in [1.54, 1.807) is 7.05 Å². The van der Waals surface area contributed by atoms with Crippen LogP contribution < -0.4 is 5.32 Å². The molecule has 1 aliphatic rings. The summed E-state index contributed by atoms with van der Waals surface area (Å²) in [4.78, 5) is 15.5. The molecule has 1 aromatic rings. The largest absolute Gasteiger partial charge is 0.326 e. The molecule has 3 nitrogen and oxygen atoms in total. The maximum absolute atomic E-state index is 11.4. The number of carbonyl (C=O) groups excluding carboxylic acids is 1. The number of carbonyl (C=O) groups is 1. The van der Waals surface area contributed by atoms with Gasteiger partial charge in [-0.2, -0.15) is 0 Å². The van der Waals surface area contributed by atoms with Crippen molar-refractivity contribution in [3.8, 4) is 0 Å². The Morgan fingerprint density at radius 3 is 2.89 bits per heavy atom. The summed E-state index contributed by atoms with van der Waals surface area (Å²) in [6, 6.07) is 4.20. The molecule has 0 fully saturated rings. The molecule has 18 heavy (non-hydrogen) atoms. The second-order valence-electron chi connectivity index (χ2n) is 4.38. The van der Waals surface area contributed by atoms with Crippen molar-refractivity contribution in [2.45, 2.75) is 26.7 Å². The van der Waals surface area contributed by atoms with Crippen molar-refractivity contribution in [2.75, 3.05) is 12.4 Å². The van der Waals surface area contributed by atoms with Gasteiger partial charge in [0.1, 0.15) is 0 Å². The first kappa shape index (κ1) is 12.6. The predicted octanol–water partition coefficient (Wildman–Crippen LogP) is 2.85. The van der Waals surface area contributed by atoms with E-state index >= 15 is 0 Å². The minimum atomic E-state index is 0.0791. The van der Waals surface area contributed by atoms with E-state index < -0.39 is 0 Å². The van der Waals surface area contributed by atoms with Crippen LogP contribution in [0.2, 0.25) is 0 Å². The van der Waals surface area contributed by atoms with Gasteiger partial charge in [0.25, 0.3) is 0 Å². The summed E-state index contributed by atoms with van der Waals surface area (Å²) in [5, 5.41) is 2.90. The fourth-order valence-electron chi connectivity index (χ4n) is 2.32. The Kier molecular flexibility index (Phi) is 3.60. The SMILES string of the molecule is C/C=C(\C=NC)c1cc2c(cc1CC)NC(=O)C2. The van der Waals surface area contributed by atoms with Crippen LogP contribution in [0.4, 0.5) is 5.69 Å². The molecule has 2 rings (SSSR count). The van der Waals surface area contributed by atoms with Gasteiger partial charge in [0.05, 0.1) is 6.42 Å². The number of hydrogen-bond donors (Lipinski definition) is 1. The number of amides is 1. The monoisotopic (exact) mass is 242 g/mol. The topological polar surface area (TPSA) is 41.5 Å². The van der Waals surface area contributed by atoms with Crippen LogP contribution in [-0.2, 0) is 17.6 Å². The number of anilines is 1. The number of fused-ring (bicyclic) bond motifs is 1. The normalized spacial score (nSPS) is 15.1. The van der Waals surface area contributed by atoms with Crippen molar-refractivity contribution >= 4 is 23.4 Å². The summed E-state index contributed by atoms with van der Waals surface area (Å²) in [6.45, 7) is 4.13. The van der Waals surface area contributed by atoms with Crippen molar-refractivity contribution in [1.29, 1.82) is 0 Å². The maximum atomic E-state index is 11.4. The molecule has 94 valence electrons. The van der Waals surface area contributed by atoms with Crippen LogP contribution in [0.25, 0.3) is 5.57 Å². The molecule has 1 N–H and O–H groups in total. The molecule has 0 saturated heterocycles. The fourth-order valence-corrected chi connectivity index (χ4v) is 2.32. The Morgan fingerprint density at radius 1 is 1.50 bits per heavy atom. The lowest BCUT2D eigenvalue weighted by Gasteiger charge is -2.11. The molecule has 0 spiro atoms. The maximum Gasteiger partial charge on any atom is 0.228 e. The lowest BCUT2D eigenvalue weighted by molar-refractivity contribution is -0.115. The third-order valence-electron chi connectivity index (χ3n) is 3.23. The van der Waals surface area contributed by atoms with Gasteiger partial charge in [-0.1, -0.05) is 13.0 Å². The average molecular weight is 242 g/mol. The molecule has 1 aromatic carbocycles. The molecule has 0 bridgehead atoms. The molecule has 3 heteroatoms. The van der Waals surface area contributed by atoms with Crippen LogP contribution in [0, 0.1) is 0 Å². The Bertz CT molecular complexity index is 542. The van der Waals surface area contributed by atoms with E-state index in [0.717, 1.165) is 23.2 Å². The second-order valence-corrected chi connectivity index (χ2v) is 4.38. The highest BCUT2D eigenvalue weighted by atomic mass is 16.1. The number of aryl methyl sites for hydroxylation is 1. The zero-order valence-electron chi connectivity index (χ0n) is 11.1. The van der Waals surface area contributed by atoms with E-state index in [1.165, 1.54) is 11.1 Å². The third kappa shape index (κ3) is 2.21. The highest BCUT2D eigenvalue weighted by Crippen LogP contribution is 2.30. The van der Waals surface area contributed by atoms with Crippen LogP contribution in [0.1, 0.15) is 30.5 Å². The van der Waals surface area contributed by atoms with Gasteiger partial charge >= 0.3 is 0 Å². The smallest absolute Gasteiger partial charge is 0.228 e. The van der Waals surface area contributed by atoms with Gasteiger partial charge in [-0.25, -0.2) is 0 Å². The minimum Gasteiger partial charge on any atom is -0.326 e. The molecular formula is C15H18N2O. The first-order valence-electron chi connectivity index (χ1n) is 6.24. The van der Waals surface area contributed by atoms with E-state index in [4.69, 9.17) is 0 Å². The van der Waals surface area contributed by atoms with Gasteiger partial charge < -0.3 is 5.32 Å². The van der Waals surface area contributed by atoms with Crippen molar-refractivity contribution in [3.05, 3.63) is 34.9 Å². The summed E-state index contributed by atoms with van der Waals surface area (Å²) < 4.78 is 0. The lowest BCUT2D eigenvalue weighted by Crippen LogP contribution is -2.03. The van der Waals surface area contributed by atoms with E-state index in [0.29, 0.717) is 6.42 Å². The number of nitrogens with one attached hydrogen (secondary N) is 1. The van der Waals surface area contributed by atoms with Gasteiger partial charge in [-0.05, 0) is 47.7 Å². The standard InChI is InChI=1S/C15H18N2O/c1-4-10-7-14-12(8-15(18)17-14)6-13(10)11(5-2)9-16-3/h5-7,9H,4,8H2,1-3H3,(H,17,18)/b11-5+,16-9?. The van der Waals surface area contributed by atoms with Gasteiger partial charge in [-0.3, -0.25) is 9.79 Å². The van der Waals surface area contributed by atoms with E-state index in [1.807, 2.05) is 13.1 Å². The third-order valence-corrected chi connectivity index (χ3v) is 3.23. The van der Waals surface area contributed by atoms with Crippen LogP contribution in [0.3, 0.4) is 0 Å². The molecule has 0 aliphatic carbocycles. The first-order valence-corrected chi connectivity index (χ1v) is 6.24. The molecule has 0 aromatic heterocycles. The van der Waals surface area contributed by atoms with E-state index in [2.05, 4.69) is 35.4 Å². The molecule has 0 radical (unpaired) electrons. The zero-order valence-corrected chi connectivity index (χ0v) is 11.1. The number of benzene rings is 1.